The average Bonchev–Trinajstić information content (AvgIpc) is 2.73. The van der Waals surface area contributed by atoms with Crippen molar-refractivity contribution in [3.63, 3.8) is 0 Å². The fraction of sp³-hybridized carbons (Fsp3) is 0.435. The minimum absolute atomic E-state index is 0.0114. The second-order valence-corrected chi connectivity index (χ2v) is 6.60. The van der Waals surface area contributed by atoms with Gasteiger partial charge in [-0.3, -0.25) is 4.79 Å². The Morgan fingerprint density at radius 1 is 0.931 bits per heavy atom. The molecule has 0 aliphatic heterocycles. The maximum Gasteiger partial charge on any atom is 0.220 e. The molecule has 0 bridgehead atoms. The Balaban J connectivity index is 1.78. The van der Waals surface area contributed by atoms with Gasteiger partial charge in [0.25, 0.3) is 0 Å². The van der Waals surface area contributed by atoms with Gasteiger partial charge in [0.2, 0.25) is 5.91 Å². The summed E-state index contributed by atoms with van der Waals surface area (Å²) in [5.41, 5.74) is 1.04. The van der Waals surface area contributed by atoms with E-state index in [2.05, 4.69) is 5.32 Å². The van der Waals surface area contributed by atoms with Gasteiger partial charge in [-0.15, -0.1) is 0 Å². The summed E-state index contributed by atoms with van der Waals surface area (Å²) in [5, 5.41) is 2.97. The molecule has 2 aromatic rings. The highest BCUT2D eigenvalue weighted by atomic mass is 16.5. The number of hydrogen-bond acceptors (Lipinski definition) is 5. The topological polar surface area (TPSA) is 66.0 Å². The lowest BCUT2D eigenvalue weighted by molar-refractivity contribution is -0.121. The molecule has 0 saturated heterocycles. The lowest BCUT2D eigenvalue weighted by Crippen LogP contribution is -2.36. The molecule has 2 aromatic carbocycles. The van der Waals surface area contributed by atoms with Crippen molar-refractivity contribution in [3.8, 4) is 23.0 Å². The monoisotopic (exact) mass is 401 g/mol. The summed E-state index contributed by atoms with van der Waals surface area (Å²) in [7, 11) is 1.62. The maximum absolute atomic E-state index is 12.3. The zero-order valence-electron chi connectivity index (χ0n) is 17.7. The molecule has 1 amide bonds. The first-order chi connectivity index (χ1) is 14.0. The number of carbonyl (C=O) groups is 1. The van der Waals surface area contributed by atoms with Gasteiger partial charge in [0.1, 0.15) is 18.1 Å². The van der Waals surface area contributed by atoms with Crippen molar-refractivity contribution in [2.24, 2.45) is 0 Å². The van der Waals surface area contributed by atoms with Crippen LogP contribution in [-0.2, 0) is 11.2 Å². The number of aryl methyl sites for hydroxylation is 1. The summed E-state index contributed by atoms with van der Waals surface area (Å²) in [4.78, 5) is 12.3. The number of rotatable bonds is 12. The van der Waals surface area contributed by atoms with E-state index in [1.165, 1.54) is 0 Å². The largest absolute Gasteiger partial charge is 0.497 e. The van der Waals surface area contributed by atoms with Crippen LogP contribution in [0.2, 0.25) is 0 Å². The zero-order chi connectivity index (χ0) is 21.1. The Hall–Kier alpha value is -2.89. The van der Waals surface area contributed by atoms with Crippen LogP contribution in [0.5, 0.6) is 23.0 Å². The molecule has 0 aliphatic rings. The predicted molar refractivity (Wildman–Crippen MR) is 113 cm³/mol. The lowest BCUT2D eigenvalue weighted by atomic mass is 10.1. The molecule has 0 aliphatic carbocycles. The van der Waals surface area contributed by atoms with Crippen molar-refractivity contribution < 1.29 is 23.7 Å². The standard InChI is InChI=1S/C23H31NO5/c1-5-27-21-13-7-18(15-22(21)28-6-2)8-14-23(25)24-17(3)16-29-20-11-9-19(26-4)10-12-20/h7,9-13,15,17H,5-6,8,14,16H2,1-4H3,(H,24,25). The highest BCUT2D eigenvalue weighted by Crippen LogP contribution is 2.29. The molecular formula is C23H31NO5. The fourth-order valence-corrected chi connectivity index (χ4v) is 2.79. The van der Waals surface area contributed by atoms with E-state index in [0.717, 1.165) is 22.8 Å². The lowest BCUT2D eigenvalue weighted by Gasteiger charge is -2.16. The van der Waals surface area contributed by atoms with Crippen LogP contribution >= 0.6 is 0 Å². The minimum atomic E-state index is -0.0936. The van der Waals surface area contributed by atoms with Crippen LogP contribution in [0.15, 0.2) is 42.5 Å². The van der Waals surface area contributed by atoms with Gasteiger partial charge < -0.3 is 24.3 Å². The van der Waals surface area contributed by atoms with Crippen molar-refractivity contribution >= 4 is 5.91 Å². The Labute approximate surface area is 173 Å². The van der Waals surface area contributed by atoms with Crippen molar-refractivity contribution in [2.45, 2.75) is 39.7 Å². The van der Waals surface area contributed by atoms with Gasteiger partial charge in [0.15, 0.2) is 11.5 Å². The van der Waals surface area contributed by atoms with Crippen LogP contribution in [0, 0.1) is 0 Å². The number of methoxy groups -OCH3 is 1. The second-order valence-electron chi connectivity index (χ2n) is 6.60. The molecule has 2 rings (SSSR count). The van der Waals surface area contributed by atoms with Crippen molar-refractivity contribution in [2.75, 3.05) is 26.9 Å². The summed E-state index contributed by atoms with van der Waals surface area (Å²) < 4.78 is 22.0. The molecule has 0 aromatic heterocycles. The van der Waals surface area contributed by atoms with Crippen LogP contribution in [0.1, 0.15) is 32.8 Å². The molecule has 1 N–H and O–H groups in total. The average molecular weight is 402 g/mol. The minimum Gasteiger partial charge on any atom is -0.497 e. The number of hydrogen-bond donors (Lipinski definition) is 1. The molecule has 0 saturated carbocycles. The fourth-order valence-electron chi connectivity index (χ4n) is 2.79. The van der Waals surface area contributed by atoms with E-state index >= 15 is 0 Å². The molecule has 1 unspecified atom stereocenters. The smallest absolute Gasteiger partial charge is 0.220 e. The van der Waals surface area contributed by atoms with Gasteiger partial charge in [-0.1, -0.05) is 6.07 Å². The first-order valence-corrected chi connectivity index (χ1v) is 10.00. The van der Waals surface area contributed by atoms with Crippen LogP contribution in [-0.4, -0.2) is 38.9 Å². The Bertz CT molecular complexity index is 760. The Morgan fingerprint density at radius 3 is 2.24 bits per heavy atom. The van der Waals surface area contributed by atoms with E-state index in [0.29, 0.717) is 38.4 Å². The normalized spacial score (nSPS) is 11.4. The Kier molecular flexibility index (Phi) is 9.15. The van der Waals surface area contributed by atoms with E-state index < -0.39 is 0 Å². The van der Waals surface area contributed by atoms with E-state index in [-0.39, 0.29) is 11.9 Å². The van der Waals surface area contributed by atoms with E-state index in [1.807, 2.05) is 63.2 Å². The summed E-state index contributed by atoms with van der Waals surface area (Å²) in [6, 6.07) is 13.1. The number of nitrogens with one attached hydrogen (secondary N) is 1. The van der Waals surface area contributed by atoms with Crippen LogP contribution in [0.25, 0.3) is 0 Å². The molecular weight excluding hydrogens is 370 g/mol. The van der Waals surface area contributed by atoms with E-state index in [4.69, 9.17) is 18.9 Å². The third-order valence-electron chi connectivity index (χ3n) is 4.22. The van der Waals surface area contributed by atoms with Gasteiger partial charge in [-0.25, -0.2) is 0 Å². The highest BCUT2D eigenvalue weighted by Gasteiger charge is 2.11. The molecule has 0 fully saturated rings. The first-order valence-electron chi connectivity index (χ1n) is 10.00. The Morgan fingerprint density at radius 2 is 1.59 bits per heavy atom. The molecule has 0 spiro atoms. The van der Waals surface area contributed by atoms with Gasteiger partial charge in [0.05, 0.1) is 26.4 Å². The quantitative estimate of drug-likeness (QED) is 0.582. The van der Waals surface area contributed by atoms with Gasteiger partial charge in [-0.05, 0) is 69.2 Å². The molecule has 0 radical (unpaired) electrons. The SMILES string of the molecule is CCOc1ccc(CCC(=O)NC(C)COc2ccc(OC)cc2)cc1OCC. The molecule has 6 nitrogen and oxygen atoms in total. The van der Waals surface area contributed by atoms with E-state index in [9.17, 15) is 4.79 Å². The number of ether oxygens (including phenoxy) is 4. The maximum atomic E-state index is 12.3. The molecule has 29 heavy (non-hydrogen) atoms. The summed E-state index contributed by atoms with van der Waals surface area (Å²) in [6.07, 6.45) is 1.02. The van der Waals surface area contributed by atoms with Gasteiger partial charge in [-0.2, -0.15) is 0 Å². The number of carbonyl (C=O) groups excluding carboxylic acids is 1. The van der Waals surface area contributed by atoms with Gasteiger partial charge >= 0.3 is 0 Å². The van der Waals surface area contributed by atoms with Crippen molar-refractivity contribution in [1.82, 2.24) is 5.32 Å². The third-order valence-corrected chi connectivity index (χ3v) is 4.22. The summed E-state index contributed by atoms with van der Waals surface area (Å²) >= 11 is 0. The van der Waals surface area contributed by atoms with Crippen LogP contribution in [0.3, 0.4) is 0 Å². The summed E-state index contributed by atoms with van der Waals surface area (Å²) in [6.45, 7) is 7.34. The second kappa shape index (κ2) is 11.8. The molecule has 1 atom stereocenters. The van der Waals surface area contributed by atoms with Crippen molar-refractivity contribution in [1.29, 1.82) is 0 Å². The van der Waals surface area contributed by atoms with Gasteiger partial charge in [0, 0.05) is 6.42 Å². The zero-order valence-corrected chi connectivity index (χ0v) is 17.7. The van der Waals surface area contributed by atoms with Crippen LogP contribution in [0.4, 0.5) is 0 Å². The molecule has 6 heteroatoms. The predicted octanol–water partition coefficient (Wildman–Crippen LogP) is 4.01. The number of benzene rings is 2. The molecule has 158 valence electrons. The van der Waals surface area contributed by atoms with Crippen LogP contribution < -0.4 is 24.3 Å². The molecule has 0 heterocycles. The third kappa shape index (κ3) is 7.56. The first kappa shape index (κ1) is 22.4. The highest BCUT2D eigenvalue weighted by molar-refractivity contribution is 5.76. The summed E-state index contributed by atoms with van der Waals surface area (Å²) in [5.74, 6) is 2.95. The number of amides is 1. The van der Waals surface area contributed by atoms with E-state index in [1.54, 1.807) is 7.11 Å². The van der Waals surface area contributed by atoms with Crippen molar-refractivity contribution in [3.05, 3.63) is 48.0 Å².